The van der Waals surface area contributed by atoms with Crippen LogP contribution >= 0.6 is 0 Å². The molecule has 0 fully saturated rings. The summed E-state index contributed by atoms with van der Waals surface area (Å²) in [6.45, 7) is 7.23. The first-order valence-electron chi connectivity index (χ1n) is 13.2. The molecule has 0 unspecified atom stereocenters. The molecule has 212 valence electrons. The zero-order chi connectivity index (χ0) is 28.4. The molecule has 2 amide bonds. The van der Waals surface area contributed by atoms with Crippen LogP contribution in [0.15, 0.2) is 35.4 Å². The highest BCUT2D eigenvalue weighted by atomic mass is 19.2. The van der Waals surface area contributed by atoms with Crippen molar-refractivity contribution in [3.8, 4) is 0 Å². The van der Waals surface area contributed by atoms with Crippen LogP contribution < -0.4 is 11.1 Å². The first-order chi connectivity index (χ1) is 17.9. The summed E-state index contributed by atoms with van der Waals surface area (Å²) < 4.78 is 39.9. The van der Waals surface area contributed by atoms with Crippen LogP contribution in [0, 0.1) is 23.5 Å². The van der Waals surface area contributed by atoms with E-state index < -0.39 is 36.0 Å². The number of hydrogen-bond acceptors (Lipinski definition) is 5. The second kappa shape index (κ2) is 15.0. The Balaban J connectivity index is 2.36. The Morgan fingerprint density at radius 3 is 2.53 bits per heavy atom. The van der Waals surface area contributed by atoms with E-state index in [-0.39, 0.29) is 35.4 Å². The molecule has 2 bridgehead atoms. The van der Waals surface area contributed by atoms with Crippen LogP contribution in [0.3, 0.4) is 0 Å². The average molecular weight is 537 g/mol. The molecule has 1 heterocycles. The Hall–Kier alpha value is -2.78. The third kappa shape index (κ3) is 9.51. The Morgan fingerprint density at radius 1 is 1.16 bits per heavy atom. The number of carbonyl (C=O) groups is 2. The number of benzene rings is 1. The number of ether oxygens (including phenoxy) is 2. The number of primary amides is 1. The van der Waals surface area contributed by atoms with Crippen molar-refractivity contribution in [1.82, 2.24) is 0 Å². The summed E-state index contributed by atoms with van der Waals surface area (Å²) in [5.41, 5.74) is 6.89. The fourth-order valence-corrected chi connectivity index (χ4v) is 4.87. The second-order valence-corrected chi connectivity index (χ2v) is 10.4. The number of nitrogens with two attached hydrogens (primary N) is 1. The fraction of sp³-hybridized carbons (Fsp3) is 0.586. The number of aliphatic hydroxyl groups excluding tert-OH is 1. The summed E-state index contributed by atoms with van der Waals surface area (Å²) in [7, 11) is 1.50. The van der Waals surface area contributed by atoms with E-state index in [1.807, 2.05) is 32.9 Å². The summed E-state index contributed by atoms with van der Waals surface area (Å²) in [6.07, 6.45) is 5.09. The monoisotopic (exact) mass is 536 g/mol. The number of fused-ring (bicyclic) bond motifs is 2. The van der Waals surface area contributed by atoms with Crippen LogP contribution in [0.1, 0.15) is 71.8 Å². The van der Waals surface area contributed by atoms with Gasteiger partial charge in [-0.15, -0.1) is 0 Å². The largest absolute Gasteiger partial charge is 0.442 e. The van der Waals surface area contributed by atoms with E-state index in [1.165, 1.54) is 13.2 Å². The average Bonchev–Trinajstić information content (AvgIpc) is 2.85. The van der Waals surface area contributed by atoms with Gasteiger partial charge in [-0.2, -0.15) is 0 Å². The van der Waals surface area contributed by atoms with Gasteiger partial charge in [-0.05, 0) is 75.5 Å². The number of hydrogen-bond donors (Lipinski definition) is 3. The number of anilines is 1. The van der Waals surface area contributed by atoms with Gasteiger partial charge in [0.1, 0.15) is 6.10 Å². The molecule has 38 heavy (non-hydrogen) atoms. The summed E-state index contributed by atoms with van der Waals surface area (Å²) in [5, 5.41) is 13.7. The van der Waals surface area contributed by atoms with E-state index in [9.17, 15) is 23.5 Å². The van der Waals surface area contributed by atoms with Gasteiger partial charge in [0, 0.05) is 30.4 Å². The Labute approximate surface area is 224 Å². The Morgan fingerprint density at radius 2 is 1.87 bits per heavy atom. The maximum atomic E-state index is 14.6. The van der Waals surface area contributed by atoms with Gasteiger partial charge >= 0.3 is 6.09 Å². The van der Waals surface area contributed by atoms with E-state index in [2.05, 4.69) is 5.32 Å². The summed E-state index contributed by atoms with van der Waals surface area (Å²) in [6, 6.07) is 2.43. The molecule has 1 aromatic rings. The summed E-state index contributed by atoms with van der Waals surface area (Å²) in [5.74, 6) is -2.87. The molecule has 4 N–H and O–H groups in total. The first kappa shape index (κ1) is 31.4. The number of aliphatic hydroxyl groups is 1. The molecule has 1 aliphatic rings. The molecule has 1 aromatic carbocycles. The lowest BCUT2D eigenvalue weighted by Gasteiger charge is -2.28. The van der Waals surface area contributed by atoms with Crippen LogP contribution in [0.2, 0.25) is 0 Å². The summed E-state index contributed by atoms with van der Waals surface area (Å²) >= 11 is 0. The molecule has 1 aliphatic heterocycles. The molecule has 0 saturated heterocycles. The number of halogens is 2. The Kier molecular flexibility index (Phi) is 12.4. The van der Waals surface area contributed by atoms with E-state index in [4.69, 9.17) is 15.2 Å². The van der Waals surface area contributed by atoms with Gasteiger partial charge in [-0.1, -0.05) is 32.4 Å². The molecule has 0 saturated carbocycles. The van der Waals surface area contributed by atoms with Crippen molar-refractivity contribution in [1.29, 1.82) is 0 Å². The standard InChI is InChI=1S/C29H42F2N2O5/c1-17-12-21-15-22(16-23(30)26(21)31)33-28(35)18(2)10-8-6-7-9-11-24(38-29(32)36)19(3)14-20(4)27(34)25(13-17)37-5/h10,14-17,20,24-25,27,34H,6-9,11-13H2,1-5H3,(H2,32,36)(H,33,35)/b18-10+,19-14+/t17-,20+,24-,25+,27-/m1/s1. The normalized spacial score (nSPS) is 29.6. The third-order valence-corrected chi connectivity index (χ3v) is 7.06. The van der Waals surface area contributed by atoms with Crippen molar-refractivity contribution in [3.05, 3.63) is 52.6 Å². The van der Waals surface area contributed by atoms with Crippen LogP contribution in [0.5, 0.6) is 0 Å². The van der Waals surface area contributed by atoms with Crippen molar-refractivity contribution in [2.75, 3.05) is 12.4 Å². The van der Waals surface area contributed by atoms with Crippen molar-refractivity contribution in [3.63, 3.8) is 0 Å². The van der Waals surface area contributed by atoms with Crippen LogP contribution in [0.25, 0.3) is 0 Å². The van der Waals surface area contributed by atoms with Gasteiger partial charge in [-0.25, -0.2) is 13.6 Å². The van der Waals surface area contributed by atoms with E-state index in [1.54, 1.807) is 6.92 Å². The number of allylic oxidation sites excluding steroid dienone is 1. The topological polar surface area (TPSA) is 111 Å². The number of amides is 2. The maximum absolute atomic E-state index is 14.6. The van der Waals surface area contributed by atoms with E-state index >= 15 is 0 Å². The highest BCUT2D eigenvalue weighted by molar-refractivity contribution is 6.03. The summed E-state index contributed by atoms with van der Waals surface area (Å²) in [4.78, 5) is 24.1. The SMILES string of the molecule is CO[C@H]1C[C@H](C)Cc2cc(cc(F)c2F)NC(=O)/C(C)=C/CCCCC[C@@H](OC(N)=O)/C(C)=C/[C@H](C)[C@H]1O. The van der Waals surface area contributed by atoms with Gasteiger partial charge in [0.15, 0.2) is 11.6 Å². The van der Waals surface area contributed by atoms with Crippen molar-refractivity contribution >= 4 is 17.7 Å². The minimum Gasteiger partial charge on any atom is -0.442 e. The van der Waals surface area contributed by atoms with E-state index in [0.29, 0.717) is 24.8 Å². The number of carbonyl (C=O) groups excluding carboxylic acids is 2. The smallest absolute Gasteiger partial charge is 0.405 e. The van der Waals surface area contributed by atoms with Crippen molar-refractivity contribution in [2.24, 2.45) is 17.6 Å². The number of methoxy groups -OCH3 is 1. The molecule has 5 atom stereocenters. The molecule has 7 nitrogen and oxygen atoms in total. The highest BCUT2D eigenvalue weighted by Crippen LogP contribution is 2.27. The quantitative estimate of drug-likeness (QED) is 0.414. The van der Waals surface area contributed by atoms with Gasteiger partial charge < -0.3 is 25.6 Å². The zero-order valence-electron chi connectivity index (χ0n) is 23.1. The molecule has 0 aromatic heterocycles. The predicted octanol–water partition coefficient (Wildman–Crippen LogP) is 5.80. The van der Waals surface area contributed by atoms with Crippen LogP contribution in [0.4, 0.5) is 19.3 Å². The molecule has 2 rings (SSSR count). The minimum atomic E-state index is -1.03. The van der Waals surface area contributed by atoms with Gasteiger partial charge in [0.05, 0.1) is 12.2 Å². The molecular formula is C29H42F2N2O5. The third-order valence-electron chi connectivity index (χ3n) is 7.06. The van der Waals surface area contributed by atoms with Crippen molar-refractivity contribution < 1.29 is 33.0 Å². The minimum absolute atomic E-state index is 0.139. The molecule has 9 heteroatoms. The molecule has 0 spiro atoms. The van der Waals surface area contributed by atoms with Gasteiger partial charge in [0.2, 0.25) is 0 Å². The highest BCUT2D eigenvalue weighted by Gasteiger charge is 2.27. The lowest BCUT2D eigenvalue weighted by Crippen LogP contribution is -2.35. The maximum Gasteiger partial charge on any atom is 0.405 e. The second-order valence-electron chi connectivity index (χ2n) is 10.4. The molecule has 0 radical (unpaired) electrons. The number of rotatable bonds is 2. The van der Waals surface area contributed by atoms with Crippen LogP contribution in [-0.2, 0) is 20.7 Å². The van der Waals surface area contributed by atoms with Crippen molar-refractivity contribution in [2.45, 2.75) is 91.0 Å². The van der Waals surface area contributed by atoms with E-state index in [0.717, 1.165) is 30.9 Å². The lowest BCUT2D eigenvalue weighted by molar-refractivity contribution is -0.112. The first-order valence-corrected chi connectivity index (χ1v) is 13.2. The molecular weight excluding hydrogens is 494 g/mol. The van der Waals surface area contributed by atoms with Gasteiger partial charge in [-0.3, -0.25) is 4.79 Å². The Bertz CT molecular complexity index is 1030. The van der Waals surface area contributed by atoms with Crippen LogP contribution in [-0.4, -0.2) is 42.5 Å². The predicted molar refractivity (Wildman–Crippen MR) is 143 cm³/mol. The fourth-order valence-electron chi connectivity index (χ4n) is 4.87. The zero-order valence-corrected chi connectivity index (χ0v) is 23.1. The lowest BCUT2D eigenvalue weighted by atomic mass is 9.88. The molecule has 0 aliphatic carbocycles. The van der Waals surface area contributed by atoms with Gasteiger partial charge in [0.25, 0.3) is 5.91 Å². The number of nitrogens with one attached hydrogen (secondary N) is 1.